The van der Waals surface area contributed by atoms with Crippen LogP contribution in [-0.4, -0.2) is 15.0 Å². The van der Waals surface area contributed by atoms with E-state index in [1.54, 1.807) is 0 Å². The van der Waals surface area contributed by atoms with E-state index in [0.29, 0.717) is 6.42 Å². The van der Waals surface area contributed by atoms with E-state index in [4.69, 9.17) is 4.18 Å². The first kappa shape index (κ1) is 19.7. The normalized spacial score (nSPS) is 12.6. The fourth-order valence-electron chi connectivity index (χ4n) is 2.98. The molecule has 0 aliphatic rings. The van der Waals surface area contributed by atoms with Gasteiger partial charge in [-0.25, -0.2) is 0 Å². The van der Waals surface area contributed by atoms with E-state index >= 15 is 0 Å². The molecule has 3 rings (SSSR count). The highest BCUT2D eigenvalue weighted by Crippen LogP contribution is 2.72. The lowest BCUT2D eigenvalue weighted by atomic mass is 10.4. The molecular formula is C22H24O3S2. The molecule has 0 aromatic heterocycles. The number of unbranched alkanes of at least 4 members (excludes halogenated alkanes) is 1. The van der Waals surface area contributed by atoms with Crippen molar-refractivity contribution in [1.29, 1.82) is 0 Å². The van der Waals surface area contributed by atoms with Crippen LogP contribution in [-0.2, 0) is 13.3 Å². The summed E-state index contributed by atoms with van der Waals surface area (Å²) in [7, 11) is -6.57. The highest BCUT2D eigenvalue weighted by atomic mass is 33.2. The maximum Gasteiger partial charge on any atom is 0.316 e. The van der Waals surface area contributed by atoms with Crippen molar-refractivity contribution in [3.63, 3.8) is 0 Å². The number of hydrogen-bond acceptors (Lipinski definition) is 3. The molecule has 0 bridgehead atoms. The minimum Gasteiger partial charge on any atom is -0.262 e. The molecule has 0 aliphatic carbocycles. The van der Waals surface area contributed by atoms with Gasteiger partial charge < -0.3 is 0 Å². The van der Waals surface area contributed by atoms with E-state index in [1.165, 1.54) is 0 Å². The van der Waals surface area contributed by atoms with Gasteiger partial charge in [0, 0.05) is 14.7 Å². The van der Waals surface area contributed by atoms with Gasteiger partial charge in [0.25, 0.3) is 0 Å². The molecule has 0 radical (unpaired) electrons. The molecule has 3 aromatic carbocycles. The van der Waals surface area contributed by atoms with Crippen molar-refractivity contribution in [3.8, 4) is 0 Å². The molecule has 142 valence electrons. The van der Waals surface area contributed by atoms with Gasteiger partial charge in [-0.2, -0.15) is 8.42 Å². The van der Waals surface area contributed by atoms with Crippen LogP contribution in [0.2, 0.25) is 0 Å². The van der Waals surface area contributed by atoms with Crippen LogP contribution in [0, 0.1) is 0 Å². The van der Waals surface area contributed by atoms with Gasteiger partial charge in [0.2, 0.25) is 0 Å². The van der Waals surface area contributed by atoms with Crippen LogP contribution < -0.4 is 0 Å². The maximum absolute atomic E-state index is 13.7. The van der Waals surface area contributed by atoms with Crippen molar-refractivity contribution in [2.75, 3.05) is 6.61 Å². The third-order valence-electron chi connectivity index (χ3n) is 4.26. The lowest BCUT2D eigenvalue weighted by Gasteiger charge is -2.39. The summed E-state index contributed by atoms with van der Waals surface area (Å²) in [6.07, 6.45) is 1.58. The molecule has 0 amide bonds. The minimum absolute atomic E-state index is 0.195. The van der Waals surface area contributed by atoms with Gasteiger partial charge in [-0.1, -0.05) is 67.9 Å². The number of rotatable bonds is 8. The summed E-state index contributed by atoms with van der Waals surface area (Å²) in [5.41, 5.74) is 0. The fourth-order valence-corrected chi connectivity index (χ4v) is 10.3. The Morgan fingerprint density at radius 1 is 0.667 bits per heavy atom. The van der Waals surface area contributed by atoms with Crippen molar-refractivity contribution in [3.05, 3.63) is 91.0 Å². The Bertz CT molecular complexity index is 844. The molecule has 3 aromatic rings. The summed E-state index contributed by atoms with van der Waals surface area (Å²) in [4.78, 5) is 2.25. The zero-order chi connectivity index (χ0) is 19.2. The Hall–Kier alpha value is -2.08. The zero-order valence-corrected chi connectivity index (χ0v) is 17.0. The van der Waals surface area contributed by atoms with E-state index in [-0.39, 0.29) is 6.61 Å². The molecule has 0 atom stereocenters. The Labute approximate surface area is 162 Å². The van der Waals surface area contributed by atoms with E-state index < -0.39 is 18.2 Å². The van der Waals surface area contributed by atoms with E-state index in [9.17, 15) is 8.42 Å². The smallest absolute Gasteiger partial charge is 0.262 e. The highest BCUT2D eigenvalue weighted by Gasteiger charge is 2.44. The first-order valence-corrected chi connectivity index (χ1v) is 12.6. The summed E-state index contributed by atoms with van der Waals surface area (Å²) in [6, 6.07) is 28.3. The lowest BCUT2D eigenvalue weighted by molar-refractivity contribution is 0.320. The van der Waals surface area contributed by atoms with Crippen molar-refractivity contribution in [1.82, 2.24) is 0 Å². The van der Waals surface area contributed by atoms with Crippen LogP contribution >= 0.6 is 9.06 Å². The SMILES string of the molecule is CCCCOS(=O)(=O)S(c1ccccc1)(c1ccccc1)c1ccccc1. The summed E-state index contributed by atoms with van der Waals surface area (Å²) >= 11 is 0. The molecule has 0 saturated carbocycles. The van der Waals surface area contributed by atoms with Crippen LogP contribution in [0.4, 0.5) is 0 Å². The van der Waals surface area contributed by atoms with Crippen LogP contribution in [0.1, 0.15) is 19.8 Å². The molecule has 0 aliphatic heterocycles. The second-order valence-electron chi connectivity index (χ2n) is 6.08. The van der Waals surface area contributed by atoms with Gasteiger partial charge in [0.1, 0.15) is 0 Å². The Kier molecular flexibility index (Phi) is 6.37. The van der Waals surface area contributed by atoms with Gasteiger partial charge in [-0.15, -0.1) is 0 Å². The average molecular weight is 401 g/mol. The largest absolute Gasteiger partial charge is 0.316 e. The molecule has 3 nitrogen and oxygen atoms in total. The molecule has 0 fully saturated rings. The van der Waals surface area contributed by atoms with Crippen LogP contribution in [0.25, 0.3) is 0 Å². The first-order chi connectivity index (χ1) is 13.1. The second-order valence-corrected chi connectivity index (χ2v) is 12.4. The van der Waals surface area contributed by atoms with Gasteiger partial charge in [0.05, 0.1) is 6.61 Å². The third kappa shape index (κ3) is 3.81. The van der Waals surface area contributed by atoms with E-state index in [0.717, 1.165) is 21.1 Å². The molecule has 27 heavy (non-hydrogen) atoms. The van der Waals surface area contributed by atoms with E-state index in [1.807, 2.05) is 97.9 Å². The second kappa shape index (κ2) is 8.74. The topological polar surface area (TPSA) is 43.4 Å². The molecule has 5 heteroatoms. The summed E-state index contributed by atoms with van der Waals surface area (Å²) in [5.74, 6) is 0. The molecule has 0 spiro atoms. The van der Waals surface area contributed by atoms with Crippen molar-refractivity contribution in [2.24, 2.45) is 0 Å². The molecular weight excluding hydrogens is 376 g/mol. The molecule has 0 heterocycles. The number of hydrogen-bond donors (Lipinski definition) is 0. The van der Waals surface area contributed by atoms with Crippen LogP contribution in [0.15, 0.2) is 106 Å². The molecule has 0 saturated heterocycles. The first-order valence-electron chi connectivity index (χ1n) is 9.01. The Balaban J connectivity index is 2.33. The quantitative estimate of drug-likeness (QED) is 0.342. The predicted octanol–water partition coefficient (Wildman–Crippen LogP) is 6.03. The maximum atomic E-state index is 13.7. The molecule has 0 N–H and O–H groups in total. The zero-order valence-electron chi connectivity index (χ0n) is 15.3. The van der Waals surface area contributed by atoms with Gasteiger partial charge in [-0.3, -0.25) is 4.18 Å². The standard InChI is InChI=1S/C22H24O3S2/c1-2-3-19-25-27(23,24)26(20-13-7-4-8-14-20,21-15-9-5-10-16-21)22-17-11-6-12-18-22/h4-18H,2-3,19H2,1H3. The molecule has 0 unspecified atom stereocenters. The monoisotopic (exact) mass is 400 g/mol. The Morgan fingerprint density at radius 2 is 1.04 bits per heavy atom. The van der Waals surface area contributed by atoms with Gasteiger partial charge in [-0.05, 0) is 51.9 Å². The summed E-state index contributed by atoms with van der Waals surface area (Å²) < 4.78 is 33.1. The fraction of sp³-hybridized carbons (Fsp3) is 0.182. The van der Waals surface area contributed by atoms with Gasteiger partial charge >= 0.3 is 9.15 Å². The number of benzene rings is 3. The minimum atomic E-state index is -3.93. The third-order valence-corrected chi connectivity index (χ3v) is 12.0. The van der Waals surface area contributed by atoms with Crippen LogP contribution in [0.3, 0.4) is 0 Å². The van der Waals surface area contributed by atoms with Crippen LogP contribution in [0.5, 0.6) is 0 Å². The van der Waals surface area contributed by atoms with E-state index in [2.05, 4.69) is 0 Å². The van der Waals surface area contributed by atoms with Crippen molar-refractivity contribution < 1.29 is 12.6 Å². The Morgan fingerprint density at radius 3 is 1.37 bits per heavy atom. The van der Waals surface area contributed by atoms with Gasteiger partial charge in [0.15, 0.2) is 0 Å². The summed E-state index contributed by atoms with van der Waals surface area (Å²) in [5, 5.41) is 0. The predicted molar refractivity (Wildman–Crippen MR) is 111 cm³/mol. The lowest BCUT2D eigenvalue weighted by Crippen LogP contribution is -2.18. The van der Waals surface area contributed by atoms with Crippen molar-refractivity contribution >= 4 is 18.2 Å². The average Bonchev–Trinajstić information content (AvgIpc) is 2.71. The highest BCUT2D eigenvalue weighted by molar-refractivity contribution is 8.89. The summed E-state index contributed by atoms with van der Waals surface area (Å²) in [6.45, 7) is 2.21. The van der Waals surface area contributed by atoms with Crippen molar-refractivity contribution in [2.45, 2.75) is 34.5 Å².